The van der Waals surface area contributed by atoms with E-state index in [0.29, 0.717) is 5.02 Å². The molecule has 2 rings (SSSR count). The topological polar surface area (TPSA) is 26.0 Å². The van der Waals surface area contributed by atoms with Gasteiger partial charge in [0, 0.05) is 17.0 Å². The summed E-state index contributed by atoms with van der Waals surface area (Å²) in [5.74, 6) is 0.0294. The van der Waals surface area contributed by atoms with Crippen LogP contribution in [0, 0.1) is 5.82 Å². The van der Waals surface area contributed by atoms with Crippen LogP contribution < -0.4 is 5.73 Å². The van der Waals surface area contributed by atoms with Gasteiger partial charge in [0.1, 0.15) is 5.82 Å². The number of rotatable bonds is 1. The maximum Gasteiger partial charge on any atom is 0.123 e. The molecule has 0 aliphatic heterocycles. The van der Waals surface area contributed by atoms with Crippen LogP contribution in [0.2, 0.25) is 5.02 Å². The van der Waals surface area contributed by atoms with E-state index in [2.05, 4.69) is 0 Å². The Morgan fingerprint density at radius 2 is 2.17 bits per heavy atom. The van der Waals surface area contributed by atoms with Crippen LogP contribution in [0.3, 0.4) is 0 Å². The van der Waals surface area contributed by atoms with Crippen molar-refractivity contribution >= 4 is 11.6 Å². The Morgan fingerprint density at radius 3 is 2.75 bits per heavy atom. The minimum absolute atomic E-state index is 0.171. The molecule has 0 amide bonds. The van der Waals surface area contributed by atoms with Gasteiger partial charge in [-0.05, 0) is 30.2 Å². The van der Waals surface area contributed by atoms with Crippen molar-refractivity contribution in [3.8, 4) is 0 Å². The van der Waals surface area contributed by atoms with Crippen LogP contribution in [0.4, 0.5) is 4.39 Å². The normalized spacial score (nSPS) is 27.2. The molecule has 12 heavy (non-hydrogen) atoms. The molecule has 1 aromatic rings. The summed E-state index contributed by atoms with van der Waals surface area (Å²) >= 11 is 5.87. The van der Waals surface area contributed by atoms with Crippen molar-refractivity contribution in [3.63, 3.8) is 0 Å². The molecular weight excluding hydrogens is 177 g/mol. The lowest BCUT2D eigenvalue weighted by Crippen LogP contribution is -2.01. The van der Waals surface area contributed by atoms with Gasteiger partial charge in [-0.2, -0.15) is 0 Å². The summed E-state index contributed by atoms with van der Waals surface area (Å²) in [7, 11) is 0. The number of nitrogens with two attached hydrogens (primary N) is 1. The monoisotopic (exact) mass is 185 g/mol. The predicted molar refractivity (Wildman–Crippen MR) is 46.7 cm³/mol. The third-order valence-corrected chi connectivity index (χ3v) is 2.54. The first kappa shape index (κ1) is 8.02. The van der Waals surface area contributed by atoms with Crippen molar-refractivity contribution in [1.29, 1.82) is 0 Å². The van der Waals surface area contributed by atoms with Crippen molar-refractivity contribution in [3.05, 3.63) is 34.6 Å². The maximum atomic E-state index is 12.8. The van der Waals surface area contributed by atoms with Crippen molar-refractivity contribution in [2.24, 2.45) is 5.73 Å². The van der Waals surface area contributed by atoms with E-state index in [1.165, 1.54) is 12.1 Å². The molecular formula is C9H9ClFN. The van der Waals surface area contributed by atoms with Gasteiger partial charge in [-0.3, -0.25) is 0 Å². The Balaban J connectivity index is 2.36. The van der Waals surface area contributed by atoms with Crippen LogP contribution in [-0.2, 0) is 0 Å². The number of benzene rings is 1. The average Bonchev–Trinajstić information content (AvgIpc) is 2.73. The first-order chi connectivity index (χ1) is 5.68. The van der Waals surface area contributed by atoms with Crippen LogP contribution >= 0.6 is 11.6 Å². The Labute approximate surface area is 75.3 Å². The third-order valence-electron chi connectivity index (χ3n) is 2.20. The Bertz CT molecular complexity index is 313. The van der Waals surface area contributed by atoms with Crippen molar-refractivity contribution in [1.82, 2.24) is 0 Å². The molecule has 0 aromatic heterocycles. The van der Waals surface area contributed by atoms with Crippen molar-refractivity contribution in [2.75, 3.05) is 0 Å². The van der Waals surface area contributed by atoms with Crippen LogP contribution in [0.1, 0.15) is 17.9 Å². The van der Waals surface area contributed by atoms with E-state index in [1.54, 1.807) is 6.07 Å². The molecule has 2 atom stereocenters. The molecule has 0 saturated heterocycles. The lowest BCUT2D eigenvalue weighted by Gasteiger charge is -2.01. The lowest BCUT2D eigenvalue weighted by atomic mass is 10.1. The van der Waals surface area contributed by atoms with Crippen molar-refractivity contribution in [2.45, 2.75) is 18.4 Å². The summed E-state index contributed by atoms with van der Waals surface area (Å²) in [6.07, 6.45) is 0.920. The number of hydrogen-bond acceptors (Lipinski definition) is 1. The van der Waals surface area contributed by atoms with E-state index in [0.717, 1.165) is 12.0 Å². The SMILES string of the molecule is NC1CC1c1cc(F)ccc1Cl. The van der Waals surface area contributed by atoms with Gasteiger partial charge < -0.3 is 5.73 Å². The highest BCUT2D eigenvalue weighted by Crippen LogP contribution is 2.42. The van der Waals surface area contributed by atoms with E-state index in [9.17, 15) is 4.39 Å². The van der Waals surface area contributed by atoms with Gasteiger partial charge in [-0.15, -0.1) is 0 Å². The Kier molecular flexibility index (Phi) is 1.81. The molecule has 1 saturated carbocycles. The second kappa shape index (κ2) is 2.71. The van der Waals surface area contributed by atoms with E-state index in [1.807, 2.05) is 0 Å². The maximum absolute atomic E-state index is 12.8. The summed E-state index contributed by atoms with van der Waals surface area (Å²) in [4.78, 5) is 0. The molecule has 1 fully saturated rings. The fourth-order valence-corrected chi connectivity index (χ4v) is 1.63. The fourth-order valence-electron chi connectivity index (χ4n) is 1.37. The van der Waals surface area contributed by atoms with Crippen LogP contribution in [-0.4, -0.2) is 6.04 Å². The minimum atomic E-state index is -0.242. The van der Waals surface area contributed by atoms with Crippen LogP contribution in [0.25, 0.3) is 0 Å². The first-order valence-electron chi connectivity index (χ1n) is 3.89. The molecule has 0 heterocycles. The van der Waals surface area contributed by atoms with Gasteiger partial charge in [0.25, 0.3) is 0 Å². The molecule has 0 bridgehead atoms. The molecule has 1 aliphatic carbocycles. The summed E-state index contributed by atoms with van der Waals surface area (Å²) in [6.45, 7) is 0. The predicted octanol–water partition coefficient (Wildman–Crippen LogP) is 2.29. The second-order valence-corrected chi connectivity index (χ2v) is 3.58. The lowest BCUT2D eigenvalue weighted by molar-refractivity contribution is 0.625. The molecule has 1 aromatic carbocycles. The van der Waals surface area contributed by atoms with Gasteiger partial charge in [0.05, 0.1) is 0 Å². The average molecular weight is 186 g/mol. The van der Waals surface area contributed by atoms with E-state index < -0.39 is 0 Å². The molecule has 1 aliphatic rings. The zero-order valence-electron chi connectivity index (χ0n) is 6.43. The number of hydrogen-bond donors (Lipinski definition) is 1. The van der Waals surface area contributed by atoms with Gasteiger partial charge in [-0.1, -0.05) is 11.6 Å². The summed E-state index contributed by atoms with van der Waals surface area (Å²) in [5, 5.41) is 0.620. The highest BCUT2D eigenvalue weighted by Gasteiger charge is 2.36. The zero-order chi connectivity index (χ0) is 8.72. The zero-order valence-corrected chi connectivity index (χ0v) is 7.18. The third kappa shape index (κ3) is 1.32. The minimum Gasteiger partial charge on any atom is -0.327 e. The first-order valence-corrected chi connectivity index (χ1v) is 4.27. The highest BCUT2D eigenvalue weighted by molar-refractivity contribution is 6.31. The molecule has 0 spiro atoms. The summed E-state index contributed by atoms with van der Waals surface area (Å²) in [5.41, 5.74) is 6.49. The smallest absolute Gasteiger partial charge is 0.123 e. The largest absolute Gasteiger partial charge is 0.327 e. The van der Waals surface area contributed by atoms with Gasteiger partial charge >= 0.3 is 0 Å². The fraction of sp³-hybridized carbons (Fsp3) is 0.333. The van der Waals surface area contributed by atoms with E-state index in [4.69, 9.17) is 17.3 Å². The standard InChI is InChI=1S/C9H9ClFN/c10-8-2-1-5(11)3-6(8)7-4-9(7)12/h1-3,7,9H,4,12H2. The second-order valence-electron chi connectivity index (χ2n) is 3.17. The van der Waals surface area contributed by atoms with Crippen molar-refractivity contribution < 1.29 is 4.39 Å². The Morgan fingerprint density at radius 1 is 1.50 bits per heavy atom. The van der Waals surface area contributed by atoms with Gasteiger partial charge in [0.15, 0.2) is 0 Å². The molecule has 2 N–H and O–H groups in total. The van der Waals surface area contributed by atoms with Crippen LogP contribution in [0.5, 0.6) is 0 Å². The Hall–Kier alpha value is -0.600. The number of halogens is 2. The molecule has 0 radical (unpaired) electrons. The summed E-state index contributed by atoms with van der Waals surface area (Å²) in [6, 6.07) is 4.58. The van der Waals surface area contributed by atoms with Gasteiger partial charge in [-0.25, -0.2) is 4.39 Å². The molecule has 3 heteroatoms. The molecule has 1 nitrogen and oxygen atoms in total. The molecule has 64 valence electrons. The van der Waals surface area contributed by atoms with E-state index in [-0.39, 0.29) is 17.8 Å². The molecule has 2 unspecified atom stereocenters. The highest BCUT2D eigenvalue weighted by atomic mass is 35.5. The quantitative estimate of drug-likeness (QED) is 0.714. The van der Waals surface area contributed by atoms with E-state index >= 15 is 0 Å². The van der Waals surface area contributed by atoms with Gasteiger partial charge in [0.2, 0.25) is 0 Å². The van der Waals surface area contributed by atoms with Crippen LogP contribution in [0.15, 0.2) is 18.2 Å². The summed E-state index contributed by atoms with van der Waals surface area (Å²) < 4.78 is 12.8.